The molecule has 0 fully saturated rings. The van der Waals surface area contributed by atoms with Crippen molar-refractivity contribution in [3.8, 4) is 0 Å². The van der Waals surface area contributed by atoms with Crippen molar-refractivity contribution in [1.82, 2.24) is 0 Å². The first-order valence-electron chi connectivity index (χ1n) is 11.1. The van der Waals surface area contributed by atoms with Crippen LogP contribution >= 0.6 is 0 Å². The standard InChI is InChI=1S/C21H44O4S/c1-2-3-4-5-6-7-8-9-10-11-12-13-14-15-16-18-21(22)19-17-20-26(23,24)25/h21-22H,2-20H2,1H3,(H,23,24,25). The minimum atomic E-state index is -3.88. The van der Waals surface area contributed by atoms with E-state index in [4.69, 9.17) is 4.55 Å². The van der Waals surface area contributed by atoms with Crippen LogP contribution in [-0.4, -0.2) is 29.9 Å². The lowest BCUT2D eigenvalue weighted by atomic mass is 10.0. The van der Waals surface area contributed by atoms with Crippen molar-refractivity contribution >= 4 is 10.1 Å². The molecule has 0 heterocycles. The Hall–Kier alpha value is -0.130. The number of rotatable bonds is 20. The SMILES string of the molecule is CCCCCCCCCCCCCCCCCC(O)CCCS(=O)(=O)O. The van der Waals surface area contributed by atoms with E-state index in [9.17, 15) is 13.5 Å². The van der Waals surface area contributed by atoms with Gasteiger partial charge in [0, 0.05) is 0 Å². The van der Waals surface area contributed by atoms with Crippen LogP contribution < -0.4 is 0 Å². The molecule has 1 unspecified atom stereocenters. The zero-order valence-corrected chi connectivity index (χ0v) is 17.9. The minimum Gasteiger partial charge on any atom is -0.393 e. The summed E-state index contributed by atoms with van der Waals surface area (Å²) in [4.78, 5) is 0. The van der Waals surface area contributed by atoms with E-state index in [0.717, 1.165) is 19.3 Å². The summed E-state index contributed by atoms with van der Waals surface area (Å²) in [5.74, 6) is -0.247. The Kier molecular flexibility index (Phi) is 18.2. The first-order chi connectivity index (χ1) is 12.5. The van der Waals surface area contributed by atoms with Gasteiger partial charge in [0.05, 0.1) is 11.9 Å². The second-order valence-corrected chi connectivity index (χ2v) is 9.39. The van der Waals surface area contributed by atoms with Gasteiger partial charge in [-0.25, -0.2) is 0 Å². The number of hydrogen-bond acceptors (Lipinski definition) is 3. The van der Waals surface area contributed by atoms with Crippen molar-refractivity contribution in [2.75, 3.05) is 5.75 Å². The van der Waals surface area contributed by atoms with Gasteiger partial charge in [0.1, 0.15) is 0 Å². The van der Waals surface area contributed by atoms with Gasteiger partial charge in [0.2, 0.25) is 0 Å². The quantitative estimate of drug-likeness (QED) is 0.189. The van der Waals surface area contributed by atoms with Crippen LogP contribution in [0.25, 0.3) is 0 Å². The van der Waals surface area contributed by atoms with E-state index in [1.165, 1.54) is 83.5 Å². The summed E-state index contributed by atoms with van der Waals surface area (Å²) in [7, 11) is -3.88. The third kappa shape index (κ3) is 21.9. The van der Waals surface area contributed by atoms with Crippen LogP contribution in [0.4, 0.5) is 0 Å². The Morgan fingerprint density at radius 3 is 1.35 bits per heavy atom. The van der Waals surface area contributed by atoms with E-state index in [0.29, 0.717) is 12.8 Å². The summed E-state index contributed by atoms with van der Waals surface area (Å²) in [6.45, 7) is 2.26. The van der Waals surface area contributed by atoms with Gasteiger partial charge >= 0.3 is 0 Å². The molecule has 2 N–H and O–H groups in total. The molecule has 0 amide bonds. The van der Waals surface area contributed by atoms with E-state index in [2.05, 4.69) is 6.92 Å². The maximum Gasteiger partial charge on any atom is 0.264 e. The molecule has 0 saturated carbocycles. The predicted octanol–water partition coefficient (Wildman–Crippen LogP) is 6.28. The molecular formula is C21H44O4S. The van der Waals surface area contributed by atoms with Gasteiger partial charge in [-0.2, -0.15) is 8.42 Å². The Morgan fingerprint density at radius 1 is 0.615 bits per heavy atom. The third-order valence-corrected chi connectivity index (χ3v) is 5.89. The molecular weight excluding hydrogens is 348 g/mol. The fourth-order valence-corrected chi connectivity index (χ4v) is 3.93. The monoisotopic (exact) mass is 392 g/mol. The summed E-state index contributed by atoms with van der Waals surface area (Å²) >= 11 is 0. The molecule has 0 aliphatic rings. The molecule has 26 heavy (non-hydrogen) atoms. The van der Waals surface area contributed by atoms with Crippen molar-refractivity contribution in [2.24, 2.45) is 0 Å². The van der Waals surface area contributed by atoms with Crippen LogP contribution in [0.2, 0.25) is 0 Å². The minimum absolute atomic E-state index is 0.247. The van der Waals surface area contributed by atoms with Crippen LogP contribution in [0.1, 0.15) is 122 Å². The van der Waals surface area contributed by atoms with Gasteiger partial charge in [0.15, 0.2) is 0 Å². The van der Waals surface area contributed by atoms with Gasteiger partial charge in [-0.3, -0.25) is 4.55 Å². The van der Waals surface area contributed by atoms with Gasteiger partial charge < -0.3 is 5.11 Å². The molecule has 4 nitrogen and oxygen atoms in total. The average Bonchev–Trinajstić information content (AvgIpc) is 2.57. The van der Waals surface area contributed by atoms with E-state index in [-0.39, 0.29) is 5.75 Å². The lowest BCUT2D eigenvalue weighted by Crippen LogP contribution is -2.10. The van der Waals surface area contributed by atoms with Crippen molar-refractivity contribution in [3.05, 3.63) is 0 Å². The highest BCUT2D eigenvalue weighted by atomic mass is 32.2. The van der Waals surface area contributed by atoms with Crippen molar-refractivity contribution in [3.63, 3.8) is 0 Å². The topological polar surface area (TPSA) is 74.6 Å². The van der Waals surface area contributed by atoms with Gasteiger partial charge in [-0.1, -0.05) is 103 Å². The van der Waals surface area contributed by atoms with Crippen molar-refractivity contribution in [1.29, 1.82) is 0 Å². The normalized spacial score (nSPS) is 13.2. The molecule has 5 heteroatoms. The molecule has 0 aromatic rings. The van der Waals surface area contributed by atoms with Crippen molar-refractivity contribution < 1.29 is 18.1 Å². The molecule has 158 valence electrons. The Bertz CT molecular complexity index is 381. The summed E-state index contributed by atoms with van der Waals surface area (Å²) in [5, 5.41) is 9.77. The number of aliphatic hydroxyl groups excluding tert-OH is 1. The number of aliphatic hydroxyl groups is 1. The molecule has 0 aromatic carbocycles. The Labute approximate surface area is 162 Å². The first-order valence-corrected chi connectivity index (χ1v) is 12.7. The number of unbranched alkanes of at least 4 members (excludes halogenated alkanes) is 14. The highest BCUT2D eigenvalue weighted by Crippen LogP contribution is 2.14. The van der Waals surface area contributed by atoms with E-state index in [1.54, 1.807) is 0 Å². The summed E-state index contributed by atoms with van der Waals surface area (Å²) < 4.78 is 29.8. The largest absolute Gasteiger partial charge is 0.393 e. The maximum atomic E-state index is 10.6. The number of hydrogen-bond donors (Lipinski definition) is 2. The van der Waals surface area contributed by atoms with E-state index in [1.807, 2.05) is 0 Å². The van der Waals surface area contributed by atoms with Crippen molar-refractivity contribution in [2.45, 2.75) is 129 Å². The fourth-order valence-electron chi connectivity index (χ4n) is 3.40. The lowest BCUT2D eigenvalue weighted by Gasteiger charge is -2.09. The molecule has 0 aliphatic carbocycles. The molecule has 1 atom stereocenters. The molecule has 0 aliphatic heterocycles. The molecule has 0 bridgehead atoms. The smallest absolute Gasteiger partial charge is 0.264 e. The first kappa shape index (κ1) is 25.9. The van der Waals surface area contributed by atoms with E-state index < -0.39 is 16.2 Å². The molecule has 0 radical (unpaired) electrons. The predicted molar refractivity (Wildman–Crippen MR) is 111 cm³/mol. The molecule has 0 saturated heterocycles. The lowest BCUT2D eigenvalue weighted by molar-refractivity contribution is 0.150. The Morgan fingerprint density at radius 2 is 0.962 bits per heavy atom. The molecule has 0 aromatic heterocycles. The van der Waals surface area contributed by atoms with Gasteiger partial charge in [0.25, 0.3) is 10.1 Å². The van der Waals surface area contributed by atoms with Crippen LogP contribution in [0, 0.1) is 0 Å². The molecule has 0 spiro atoms. The fraction of sp³-hybridized carbons (Fsp3) is 1.00. The molecule has 0 rings (SSSR count). The van der Waals surface area contributed by atoms with Crippen LogP contribution in [0.3, 0.4) is 0 Å². The maximum absolute atomic E-state index is 10.6. The van der Waals surface area contributed by atoms with Gasteiger partial charge in [-0.05, 0) is 19.3 Å². The Balaban J connectivity index is 3.17. The summed E-state index contributed by atoms with van der Waals surface area (Å²) in [6.07, 6.45) is 21.0. The second-order valence-electron chi connectivity index (χ2n) is 7.82. The average molecular weight is 393 g/mol. The summed E-state index contributed by atoms with van der Waals surface area (Å²) in [5.41, 5.74) is 0. The zero-order valence-electron chi connectivity index (χ0n) is 17.1. The van der Waals surface area contributed by atoms with Crippen LogP contribution in [-0.2, 0) is 10.1 Å². The van der Waals surface area contributed by atoms with Crippen LogP contribution in [0.5, 0.6) is 0 Å². The highest BCUT2D eigenvalue weighted by molar-refractivity contribution is 7.85. The zero-order chi connectivity index (χ0) is 19.5. The summed E-state index contributed by atoms with van der Waals surface area (Å²) in [6, 6.07) is 0. The van der Waals surface area contributed by atoms with E-state index >= 15 is 0 Å². The second kappa shape index (κ2) is 18.2. The highest BCUT2D eigenvalue weighted by Gasteiger charge is 2.08. The van der Waals surface area contributed by atoms with Gasteiger partial charge in [-0.15, -0.1) is 0 Å². The third-order valence-electron chi connectivity index (χ3n) is 5.08. The van der Waals surface area contributed by atoms with Crippen LogP contribution in [0.15, 0.2) is 0 Å².